The minimum atomic E-state index is 0.433. The second-order valence-electron chi connectivity index (χ2n) is 5.42. The minimum absolute atomic E-state index is 0.433. The minimum Gasteiger partial charge on any atom is -0.300 e. The largest absolute Gasteiger partial charge is 0.300 e. The van der Waals surface area contributed by atoms with Gasteiger partial charge in [-0.25, -0.2) is 0 Å². The van der Waals surface area contributed by atoms with Crippen molar-refractivity contribution in [3.05, 3.63) is 60.2 Å². The van der Waals surface area contributed by atoms with Gasteiger partial charge in [-0.15, -0.1) is 0 Å². The van der Waals surface area contributed by atoms with E-state index in [9.17, 15) is 4.79 Å². The van der Waals surface area contributed by atoms with Gasteiger partial charge in [0.05, 0.1) is 0 Å². The number of carbonyl (C=O) groups is 1. The molecule has 19 heavy (non-hydrogen) atoms. The molecule has 1 aliphatic rings. The molecule has 1 saturated carbocycles. The first kappa shape index (κ1) is 12.2. The summed E-state index contributed by atoms with van der Waals surface area (Å²) in [5, 5.41) is 0. The molecule has 0 aliphatic heterocycles. The van der Waals surface area contributed by atoms with Gasteiger partial charge in [0.25, 0.3) is 0 Å². The number of carbonyl (C=O) groups excluding carboxylic acids is 1. The summed E-state index contributed by atoms with van der Waals surface area (Å²) in [6.07, 6.45) is 3.83. The van der Waals surface area contributed by atoms with Crippen molar-refractivity contribution in [2.75, 3.05) is 0 Å². The van der Waals surface area contributed by atoms with E-state index in [2.05, 4.69) is 48.5 Å². The topological polar surface area (TPSA) is 17.1 Å². The van der Waals surface area contributed by atoms with Crippen LogP contribution in [-0.4, -0.2) is 5.78 Å². The van der Waals surface area contributed by atoms with Gasteiger partial charge in [-0.2, -0.15) is 0 Å². The molecule has 1 fully saturated rings. The van der Waals surface area contributed by atoms with Crippen LogP contribution in [0.25, 0.3) is 11.1 Å². The highest BCUT2D eigenvalue weighted by Crippen LogP contribution is 2.28. The number of benzene rings is 2. The molecule has 3 rings (SSSR count). The van der Waals surface area contributed by atoms with Crippen LogP contribution >= 0.6 is 0 Å². The zero-order valence-electron chi connectivity index (χ0n) is 11.0. The summed E-state index contributed by atoms with van der Waals surface area (Å²) in [6, 6.07) is 19.2. The summed E-state index contributed by atoms with van der Waals surface area (Å²) >= 11 is 0. The van der Waals surface area contributed by atoms with Crippen molar-refractivity contribution in [3.63, 3.8) is 0 Å². The van der Waals surface area contributed by atoms with Crippen LogP contribution in [0.5, 0.6) is 0 Å². The first-order valence-corrected chi connectivity index (χ1v) is 6.97. The molecule has 2 aromatic carbocycles. The van der Waals surface area contributed by atoms with E-state index in [0.717, 1.165) is 25.7 Å². The highest BCUT2D eigenvalue weighted by atomic mass is 16.1. The van der Waals surface area contributed by atoms with Crippen LogP contribution in [0.2, 0.25) is 0 Å². The van der Waals surface area contributed by atoms with Crippen molar-refractivity contribution in [2.45, 2.75) is 25.7 Å². The van der Waals surface area contributed by atoms with Crippen molar-refractivity contribution in [1.82, 2.24) is 0 Å². The number of Topliss-reactive ketones (excluding diaryl/α,β-unsaturated/α-hetero) is 1. The molecule has 1 heteroatoms. The summed E-state index contributed by atoms with van der Waals surface area (Å²) < 4.78 is 0. The first-order valence-electron chi connectivity index (χ1n) is 6.97. The number of ketones is 1. The molecular formula is C18H18O. The Morgan fingerprint density at radius 3 is 2.37 bits per heavy atom. The van der Waals surface area contributed by atoms with Crippen molar-refractivity contribution in [1.29, 1.82) is 0 Å². The molecule has 0 radical (unpaired) electrons. The van der Waals surface area contributed by atoms with E-state index in [1.807, 2.05) is 6.07 Å². The molecule has 0 N–H and O–H groups in total. The Balaban J connectivity index is 1.68. The summed E-state index contributed by atoms with van der Waals surface area (Å²) in [4.78, 5) is 11.0. The molecular weight excluding hydrogens is 232 g/mol. The molecule has 0 spiro atoms. The van der Waals surface area contributed by atoms with Crippen molar-refractivity contribution in [2.24, 2.45) is 5.92 Å². The van der Waals surface area contributed by atoms with Gasteiger partial charge in [-0.3, -0.25) is 4.79 Å². The lowest BCUT2D eigenvalue weighted by atomic mass is 9.80. The van der Waals surface area contributed by atoms with Crippen molar-refractivity contribution in [3.8, 4) is 11.1 Å². The lowest BCUT2D eigenvalue weighted by Crippen LogP contribution is -2.23. The van der Waals surface area contributed by atoms with Crippen LogP contribution in [0.3, 0.4) is 0 Å². The Labute approximate surface area is 114 Å². The normalized spacial score (nSPS) is 15.3. The highest BCUT2D eigenvalue weighted by Gasteiger charge is 2.25. The van der Waals surface area contributed by atoms with Gasteiger partial charge in [-0.1, -0.05) is 54.6 Å². The van der Waals surface area contributed by atoms with Gasteiger partial charge in [0, 0.05) is 12.8 Å². The molecule has 0 heterocycles. The molecule has 0 atom stereocenters. The van der Waals surface area contributed by atoms with E-state index in [-0.39, 0.29) is 0 Å². The Hall–Kier alpha value is -1.89. The molecule has 0 amide bonds. The smallest absolute Gasteiger partial charge is 0.133 e. The lowest BCUT2D eigenvalue weighted by molar-refractivity contribution is -0.126. The van der Waals surface area contributed by atoms with Crippen LogP contribution in [0.15, 0.2) is 54.6 Å². The van der Waals surface area contributed by atoms with Crippen LogP contribution < -0.4 is 0 Å². The summed E-state index contributed by atoms with van der Waals surface area (Å²) in [5.74, 6) is 1.07. The van der Waals surface area contributed by atoms with E-state index >= 15 is 0 Å². The quantitative estimate of drug-likeness (QED) is 0.792. The molecule has 1 nitrogen and oxygen atoms in total. The Morgan fingerprint density at radius 2 is 1.63 bits per heavy atom. The standard InChI is InChI=1S/C18H18O/c19-18-12-15(13-18)10-9-14-5-4-8-17(11-14)16-6-2-1-3-7-16/h1-8,11,15H,9-10,12-13H2. The third kappa shape index (κ3) is 2.93. The highest BCUT2D eigenvalue weighted by molar-refractivity contribution is 5.84. The molecule has 0 saturated heterocycles. The fraction of sp³-hybridized carbons (Fsp3) is 0.278. The van der Waals surface area contributed by atoms with Gasteiger partial charge in [0.15, 0.2) is 0 Å². The summed E-state index contributed by atoms with van der Waals surface area (Å²) in [5.41, 5.74) is 3.92. The molecule has 2 aromatic rings. The first-order chi connectivity index (χ1) is 9.31. The number of aryl methyl sites for hydroxylation is 1. The van der Waals surface area contributed by atoms with E-state index in [1.54, 1.807) is 0 Å². The summed E-state index contributed by atoms with van der Waals surface area (Å²) in [6.45, 7) is 0. The number of rotatable bonds is 4. The molecule has 0 aromatic heterocycles. The number of hydrogen-bond acceptors (Lipinski definition) is 1. The SMILES string of the molecule is O=C1CC(CCc2cccc(-c3ccccc3)c2)C1. The number of hydrogen-bond donors (Lipinski definition) is 0. The zero-order chi connectivity index (χ0) is 13.1. The van der Waals surface area contributed by atoms with Crippen LogP contribution in [0.1, 0.15) is 24.8 Å². The monoisotopic (exact) mass is 250 g/mol. The van der Waals surface area contributed by atoms with E-state index in [0.29, 0.717) is 11.7 Å². The molecule has 0 bridgehead atoms. The lowest BCUT2D eigenvalue weighted by Gasteiger charge is -2.23. The van der Waals surface area contributed by atoms with Gasteiger partial charge in [0.2, 0.25) is 0 Å². The van der Waals surface area contributed by atoms with E-state index < -0.39 is 0 Å². The molecule has 0 unspecified atom stereocenters. The summed E-state index contributed by atoms with van der Waals surface area (Å²) in [7, 11) is 0. The molecule has 1 aliphatic carbocycles. The third-order valence-corrected chi connectivity index (χ3v) is 3.91. The van der Waals surface area contributed by atoms with Gasteiger partial charge < -0.3 is 0 Å². The zero-order valence-corrected chi connectivity index (χ0v) is 11.0. The maximum atomic E-state index is 11.0. The Bertz CT molecular complexity index is 563. The van der Waals surface area contributed by atoms with E-state index in [4.69, 9.17) is 0 Å². The van der Waals surface area contributed by atoms with Crippen molar-refractivity contribution >= 4 is 5.78 Å². The Kier molecular flexibility index (Phi) is 3.45. The van der Waals surface area contributed by atoms with Crippen LogP contribution in [-0.2, 0) is 11.2 Å². The van der Waals surface area contributed by atoms with E-state index in [1.165, 1.54) is 16.7 Å². The fourth-order valence-electron chi connectivity index (χ4n) is 2.70. The van der Waals surface area contributed by atoms with Crippen molar-refractivity contribution < 1.29 is 4.79 Å². The predicted molar refractivity (Wildman–Crippen MR) is 77.9 cm³/mol. The predicted octanol–water partition coefficient (Wildman–Crippen LogP) is 4.27. The van der Waals surface area contributed by atoms with Gasteiger partial charge in [0.1, 0.15) is 5.78 Å². The fourth-order valence-corrected chi connectivity index (χ4v) is 2.70. The Morgan fingerprint density at radius 1 is 0.895 bits per heavy atom. The third-order valence-electron chi connectivity index (χ3n) is 3.91. The van der Waals surface area contributed by atoms with Gasteiger partial charge >= 0.3 is 0 Å². The molecule has 96 valence electrons. The van der Waals surface area contributed by atoms with Crippen LogP contribution in [0.4, 0.5) is 0 Å². The maximum absolute atomic E-state index is 11.0. The van der Waals surface area contributed by atoms with Crippen LogP contribution in [0, 0.1) is 5.92 Å². The second-order valence-corrected chi connectivity index (χ2v) is 5.42. The average molecular weight is 250 g/mol. The maximum Gasteiger partial charge on any atom is 0.133 e. The second kappa shape index (κ2) is 5.40. The van der Waals surface area contributed by atoms with Gasteiger partial charge in [-0.05, 0) is 35.4 Å². The average Bonchev–Trinajstić information content (AvgIpc) is 2.44.